The Morgan fingerprint density at radius 2 is 1.82 bits per heavy atom. The van der Waals surface area contributed by atoms with E-state index in [9.17, 15) is 36.0 Å². The number of hydrogen-bond donors (Lipinski definition) is 1. The van der Waals surface area contributed by atoms with Crippen molar-refractivity contribution < 1.29 is 45.1 Å². The summed E-state index contributed by atoms with van der Waals surface area (Å²) in [5, 5.41) is 2.82. The highest BCUT2D eigenvalue weighted by Crippen LogP contribution is 2.57. The van der Waals surface area contributed by atoms with Gasteiger partial charge in [0, 0.05) is 41.5 Å². The molecule has 3 aromatic heterocycles. The number of carbonyl (C=O) groups excluding carboxylic acids is 3. The zero-order chi connectivity index (χ0) is 43.4. The molecule has 3 fully saturated rings. The number of allylic oxidation sites excluding steroid dienone is 2. The molecule has 1 N–H and O–H groups in total. The maximum Gasteiger partial charge on any atom is 0.416 e. The summed E-state index contributed by atoms with van der Waals surface area (Å²) in [5.41, 5.74) is 0.169. The van der Waals surface area contributed by atoms with Crippen molar-refractivity contribution in [3.63, 3.8) is 0 Å². The van der Waals surface area contributed by atoms with E-state index in [-0.39, 0.29) is 54.3 Å². The summed E-state index contributed by atoms with van der Waals surface area (Å²) in [6, 6.07) is 10.6. The molecule has 17 heteroatoms. The standard InChI is InChI=1S/C45H46F3N5O7S2/c1-2-30-25-61-37(49-30)20-27-10-6-4-3-5-7-11-29-22-44(29,43(56)52-62(57,58)32-18-19-32)23-35(54)34-21-31(24-53(34)42(27)55)59-41-39-38(33-12-8-9-13-36(33)60-39)50-40(51-41)26-14-16-28(17-15-26)45(46,47)48/h7-9,11-17,25,27,29,31-32,34H,2-6,10,18-24H2,1H3,(H,52,56)/b11-7-/t27-,29+,31-,34+,44-/m1/s1. The number of alkyl halides is 3. The Morgan fingerprint density at radius 1 is 1.03 bits per heavy atom. The molecule has 2 aliphatic carbocycles. The summed E-state index contributed by atoms with van der Waals surface area (Å²) >= 11 is 1.50. The first kappa shape index (κ1) is 42.2. The van der Waals surface area contributed by atoms with Crippen molar-refractivity contribution in [2.75, 3.05) is 6.54 Å². The number of rotatable bonds is 9. The monoisotopic (exact) mass is 889 g/mol. The van der Waals surface area contributed by atoms with Gasteiger partial charge in [-0.25, -0.2) is 18.4 Å². The highest BCUT2D eigenvalue weighted by molar-refractivity contribution is 7.90. The first-order valence-electron chi connectivity index (χ1n) is 21.2. The quantitative estimate of drug-likeness (QED) is 0.142. The van der Waals surface area contributed by atoms with Crippen LogP contribution in [0.25, 0.3) is 33.5 Å². The molecule has 0 radical (unpaired) electrons. The van der Waals surface area contributed by atoms with Gasteiger partial charge < -0.3 is 14.1 Å². The number of nitrogens with zero attached hydrogens (tertiary/aromatic N) is 4. The van der Waals surface area contributed by atoms with Crippen LogP contribution in [0, 0.1) is 17.3 Å². The second-order valence-electron chi connectivity index (χ2n) is 17.0. The van der Waals surface area contributed by atoms with E-state index < -0.39 is 56.4 Å². The molecule has 0 bridgehead atoms. The van der Waals surface area contributed by atoms with E-state index >= 15 is 0 Å². The van der Waals surface area contributed by atoms with Gasteiger partial charge in [0.25, 0.3) is 5.88 Å². The molecule has 9 rings (SSSR count). The fourth-order valence-electron chi connectivity index (χ4n) is 8.88. The summed E-state index contributed by atoms with van der Waals surface area (Å²) in [7, 11) is -3.89. The first-order valence-corrected chi connectivity index (χ1v) is 23.7. The predicted molar refractivity (Wildman–Crippen MR) is 225 cm³/mol. The van der Waals surface area contributed by atoms with E-state index in [1.807, 2.05) is 24.5 Å². The Bertz CT molecular complexity index is 2680. The molecular formula is C45H46F3N5O7S2. The molecule has 2 saturated carbocycles. The van der Waals surface area contributed by atoms with Gasteiger partial charge >= 0.3 is 6.18 Å². The number of sulfonamides is 1. The molecule has 5 atom stereocenters. The average Bonchev–Trinajstić information content (AvgIpc) is 4.08. The van der Waals surface area contributed by atoms with E-state index in [2.05, 4.69) is 9.71 Å². The molecule has 5 aromatic rings. The molecular weight excluding hydrogens is 844 g/mol. The fraction of sp³-hybridized carbons (Fsp3) is 0.467. The SMILES string of the molecule is CCc1csc(C[C@H]2CCCCC/C=C\[C@H]3C[C@@]3(C(=O)NS(=O)(=O)C3CC3)CC(=O)[C@@H]3C[C@@H](Oc4nc(-c5ccc(C(F)(F)F)cc5)nc5c4oc4ccccc45)CN3C2=O)n1. The van der Waals surface area contributed by atoms with Crippen molar-refractivity contribution in [3.8, 4) is 17.3 Å². The number of furan rings is 1. The van der Waals surface area contributed by atoms with Crippen LogP contribution in [0.5, 0.6) is 5.88 Å². The number of ether oxygens (including phenoxy) is 1. The summed E-state index contributed by atoms with van der Waals surface area (Å²) in [4.78, 5) is 59.3. The number of aryl methyl sites for hydroxylation is 1. The topological polar surface area (TPSA) is 162 Å². The van der Waals surface area contributed by atoms with E-state index in [4.69, 9.17) is 19.1 Å². The third-order valence-electron chi connectivity index (χ3n) is 12.7. The van der Waals surface area contributed by atoms with Crippen LogP contribution in [-0.4, -0.2) is 69.8 Å². The zero-order valence-corrected chi connectivity index (χ0v) is 35.7. The largest absolute Gasteiger partial charge is 0.470 e. The van der Waals surface area contributed by atoms with Crippen LogP contribution in [0.2, 0.25) is 0 Å². The molecule has 5 heterocycles. The molecule has 2 amide bonds. The number of amides is 2. The summed E-state index contributed by atoms with van der Waals surface area (Å²) < 4.78 is 81.6. The molecule has 2 aliphatic heterocycles. The molecule has 4 aliphatic rings. The van der Waals surface area contributed by atoms with Crippen molar-refractivity contribution in [2.45, 2.75) is 108 Å². The van der Waals surface area contributed by atoms with E-state index in [0.29, 0.717) is 54.2 Å². The number of thiazole rings is 1. The molecule has 1 saturated heterocycles. The minimum atomic E-state index is -4.54. The number of fused-ring (bicyclic) bond motifs is 5. The van der Waals surface area contributed by atoms with Crippen molar-refractivity contribution in [1.29, 1.82) is 0 Å². The third kappa shape index (κ3) is 8.49. The summed E-state index contributed by atoms with van der Waals surface area (Å²) in [5.74, 6) is -2.07. The van der Waals surface area contributed by atoms with E-state index in [1.54, 1.807) is 29.2 Å². The summed E-state index contributed by atoms with van der Waals surface area (Å²) in [6.45, 7) is 2.01. The number of ketones is 1. The molecule has 62 heavy (non-hydrogen) atoms. The van der Waals surface area contributed by atoms with Crippen LogP contribution in [0.3, 0.4) is 0 Å². The Hall–Kier alpha value is -5.16. The molecule has 12 nitrogen and oxygen atoms in total. The highest BCUT2D eigenvalue weighted by atomic mass is 32.2. The number of halogens is 3. The van der Waals surface area contributed by atoms with Gasteiger partial charge in [-0.3, -0.25) is 19.1 Å². The Kier molecular flexibility index (Phi) is 11.2. The lowest BCUT2D eigenvalue weighted by molar-refractivity contribution is -0.142. The van der Waals surface area contributed by atoms with Gasteiger partial charge in [-0.1, -0.05) is 56.2 Å². The lowest BCUT2D eigenvalue weighted by Gasteiger charge is -2.29. The predicted octanol–water partition coefficient (Wildman–Crippen LogP) is 8.38. The Labute approximate surface area is 360 Å². The van der Waals surface area contributed by atoms with Crippen molar-refractivity contribution in [2.24, 2.45) is 17.3 Å². The summed E-state index contributed by atoms with van der Waals surface area (Å²) in [6.07, 6.45) is 4.56. The van der Waals surface area contributed by atoms with Crippen LogP contribution in [0.1, 0.15) is 87.4 Å². The minimum absolute atomic E-state index is 0.00584. The molecule has 326 valence electrons. The maximum atomic E-state index is 14.9. The zero-order valence-electron chi connectivity index (χ0n) is 34.0. The number of carbonyl (C=O) groups is 3. The van der Waals surface area contributed by atoms with Gasteiger partial charge in [-0.15, -0.1) is 11.3 Å². The van der Waals surface area contributed by atoms with E-state index in [1.165, 1.54) is 23.5 Å². The number of benzene rings is 2. The number of nitrogens with one attached hydrogen (secondary N) is 1. The number of aromatic nitrogens is 3. The average molecular weight is 890 g/mol. The highest BCUT2D eigenvalue weighted by Gasteiger charge is 2.61. The van der Waals surface area contributed by atoms with Crippen LogP contribution in [-0.2, 0) is 43.4 Å². The minimum Gasteiger partial charge on any atom is -0.470 e. The second-order valence-corrected chi connectivity index (χ2v) is 19.9. The van der Waals surface area contributed by atoms with Crippen molar-refractivity contribution >= 4 is 61.0 Å². The smallest absolute Gasteiger partial charge is 0.416 e. The second kappa shape index (κ2) is 16.5. The van der Waals surface area contributed by atoms with Gasteiger partial charge in [-0.2, -0.15) is 18.2 Å². The van der Waals surface area contributed by atoms with Crippen LogP contribution < -0.4 is 9.46 Å². The van der Waals surface area contributed by atoms with Gasteiger partial charge in [0.05, 0.1) is 39.5 Å². The van der Waals surface area contributed by atoms with Gasteiger partial charge in [0.2, 0.25) is 27.4 Å². The Morgan fingerprint density at radius 3 is 2.56 bits per heavy atom. The molecule has 0 unspecified atom stereocenters. The van der Waals surface area contributed by atoms with Gasteiger partial charge in [-0.05, 0) is 75.1 Å². The van der Waals surface area contributed by atoms with Crippen molar-refractivity contribution in [3.05, 3.63) is 82.3 Å². The fourth-order valence-corrected chi connectivity index (χ4v) is 11.2. The number of para-hydroxylation sites is 1. The molecule has 0 spiro atoms. The van der Waals surface area contributed by atoms with Crippen LogP contribution in [0.15, 0.2) is 70.5 Å². The Balaban J connectivity index is 1.07. The van der Waals surface area contributed by atoms with E-state index in [0.717, 1.165) is 54.9 Å². The van der Waals surface area contributed by atoms with Gasteiger partial charge in [0.1, 0.15) is 17.2 Å². The van der Waals surface area contributed by atoms with Crippen LogP contribution >= 0.6 is 11.3 Å². The molecule has 2 aromatic carbocycles. The lowest BCUT2D eigenvalue weighted by atomic mass is 9.90. The lowest BCUT2D eigenvalue weighted by Crippen LogP contribution is -2.46. The third-order valence-corrected chi connectivity index (χ3v) is 15.4. The van der Waals surface area contributed by atoms with Gasteiger partial charge in [0.15, 0.2) is 11.6 Å². The number of hydrogen-bond acceptors (Lipinski definition) is 11. The maximum absolute atomic E-state index is 14.9. The normalized spacial score (nSPS) is 25.5. The first-order chi connectivity index (χ1) is 29.7. The van der Waals surface area contributed by atoms with Crippen LogP contribution in [0.4, 0.5) is 13.2 Å². The number of Topliss-reactive ketones (excluding diaryl/α,β-unsaturated/α-hetero) is 1. The van der Waals surface area contributed by atoms with Crippen molar-refractivity contribution in [1.82, 2.24) is 24.6 Å².